The van der Waals surface area contributed by atoms with E-state index in [1.54, 1.807) is 18.2 Å². The van der Waals surface area contributed by atoms with Crippen LogP contribution < -0.4 is 10.1 Å². The molecule has 0 aromatic heterocycles. The zero-order valence-corrected chi connectivity index (χ0v) is 13.3. The molecule has 0 aliphatic heterocycles. The van der Waals surface area contributed by atoms with Gasteiger partial charge in [0.05, 0.1) is 16.6 Å². The number of amides is 1. The third-order valence-electron chi connectivity index (χ3n) is 3.52. The highest BCUT2D eigenvalue weighted by atomic mass is 79.9. The summed E-state index contributed by atoms with van der Waals surface area (Å²) in [6.07, 6.45) is 3.70. The molecule has 0 spiro atoms. The van der Waals surface area contributed by atoms with Crippen LogP contribution in [-0.2, 0) is 4.79 Å². The standard InChI is InChI=1S/C14H17BrClNO3/c15-11-7-10(16)3-4-12(11)20-8-13(19)17-14(9-18)5-1-2-6-14/h3-4,7,18H,1-2,5-6,8-9H2,(H,17,19). The lowest BCUT2D eigenvalue weighted by Crippen LogP contribution is -2.50. The third kappa shape index (κ3) is 3.87. The Morgan fingerprint density at radius 3 is 2.75 bits per heavy atom. The zero-order chi connectivity index (χ0) is 14.6. The SMILES string of the molecule is O=C(COc1ccc(Cl)cc1Br)NC1(CO)CCCC1. The average Bonchev–Trinajstić information content (AvgIpc) is 2.87. The molecule has 2 rings (SSSR count). The number of carbonyl (C=O) groups is 1. The van der Waals surface area contributed by atoms with E-state index in [1.807, 2.05) is 0 Å². The summed E-state index contributed by atoms with van der Waals surface area (Å²) in [5, 5.41) is 12.9. The molecule has 0 radical (unpaired) electrons. The molecule has 1 fully saturated rings. The van der Waals surface area contributed by atoms with Gasteiger partial charge in [0.2, 0.25) is 0 Å². The Labute approximate surface area is 131 Å². The topological polar surface area (TPSA) is 58.6 Å². The first kappa shape index (κ1) is 15.6. The minimum Gasteiger partial charge on any atom is -0.483 e. The molecule has 1 aliphatic rings. The van der Waals surface area contributed by atoms with Gasteiger partial charge in [-0.2, -0.15) is 0 Å². The molecule has 1 aromatic carbocycles. The molecule has 1 saturated carbocycles. The number of benzene rings is 1. The second-order valence-corrected chi connectivity index (χ2v) is 6.35. The molecule has 1 aromatic rings. The molecular formula is C14H17BrClNO3. The number of nitrogens with one attached hydrogen (secondary N) is 1. The van der Waals surface area contributed by atoms with E-state index in [0.717, 1.165) is 25.7 Å². The maximum atomic E-state index is 11.9. The minimum atomic E-state index is -0.461. The fourth-order valence-corrected chi connectivity index (χ4v) is 3.24. The van der Waals surface area contributed by atoms with Crippen molar-refractivity contribution in [2.75, 3.05) is 13.2 Å². The Bertz CT molecular complexity index is 489. The molecule has 0 bridgehead atoms. The average molecular weight is 363 g/mol. The van der Waals surface area contributed by atoms with Crippen molar-refractivity contribution in [3.63, 3.8) is 0 Å². The highest BCUT2D eigenvalue weighted by Gasteiger charge is 2.34. The molecule has 110 valence electrons. The maximum Gasteiger partial charge on any atom is 0.258 e. The van der Waals surface area contributed by atoms with Crippen molar-refractivity contribution >= 4 is 33.4 Å². The van der Waals surface area contributed by atoms with Gasteiger partial charge in [-0.3, -0.25) is 4.79 Å². The van der Waals surface area contributed by atoms with Crippen LogP contribution in [-0.4, -0.2) is 29.8 Å². The largest absolute Gasteiger partial charge is 0.483 e. The van der Waals surface area contributed by atoms with E-state index in [2.05, 4.69) is 21.2 Å². The van der Waals surface area contributed by atoms with Crippen LogP contribution in [0.4, 0.5) is 0 Å². The van der Waals surface area contributed by atoms with Gasteiger partial charge in [-0.05, 0) is 47.0 Å². The Morgan fingerprint density at radius 2 is 2.15 bits per heavy atom. The number of hydrogen-bond donors (Lipinski definition) is 2. The van der Waals surface area contributed by atoms with Gasteiger partial charge in [0.15, 0.2) is 6.61 Å². The third-order valence-corrected chi connectivity index (χ3v) is 4.38. The van der Waals surface area contributed by atoms with Crippen molar-refractivity contribution in [3.8, 4) is 5.75 Å². The predicted octanol–water partition coefficient (Wildman–Crippen LogP) is 2.90. The molecule has 1 aliphatic carbocycles. The number of halogens is 2. The number of aliphatic hydroxyl groups is 1. The lowest BCUT2D eigenvalue weighted by molar-refractivity contribution is -0.125. The van der Waals surface area contributed by atoms with Crippen molar-refractivity contribution < 1.29 is 14.6 Å². The molecule has 20 heavy (non-hydrogen) atoms. The minimum absolute atomic E-state index is 0.0244. The summed E-state index contributed by atoms with van der Waals surface area (Å²) >= 11 is 9.17. The van der Waals surface area contributed by atoms with Crippen molar-refractivity contribution in [1.29, 1.82) is 0 Å². The highest BCUT2D eigenvalue weighted by Crippen LogP contribution is 2.30. The first-order valence-corrected chi connectivity index (χ1v) is 7.71. The van der Waals surface area contributed by atoms with E-state index in [0.29, 0.717) is 15.2 Å². The number of aliphatic hydroxyl groups excluding tert-OH is 1. The molecule has 0 heterocycles. The quantitative estimate of drug-likeness (QED) is 0.847. The van der Waals surface area contributed by atoms with Crippen molar-refractivity contribution in [2.45, 2.75) is 31.2 Å². The van der Waals surface area contributed by atoms with Crippen LogP contribution >= 0.6 is 27.5 Å². The second kappa shape index (κ2) is 6.78. The lowest BCUT2D eigenvalue weighted by Gasteiger charge is -2.27. The molecule has 0 atom stereocenters. The Kier molecular flexibility index (Phi) is 5.29. The number of rotatable bonds is 5. The van der Waals surface area contributed by atoms with Crippen LogP contribution in [0.15, 0.2) is 22.7 Å². The first-order chi connectivity index (χ1) is 9.54. The van der Waals surface area contributed by atoms with E-state index in [9.17, 15) is 9.90 Å². The van der Waals surface area contributed by atoms with E-state index >= 15 is 0 Å². The molecule has 0 unspecified atom stereocenters. The van der Waals surface area contributed by atoms with Crippen molar-refractivity contribution in [3.05, 3.63) is 27.7 Å². The van der Waals surface area contributed by atoms with Gasteiger partial charge < -0.3 is 15.2 Å². The molecule has 0 saturated heterocycles. The molecule has 4 nitrogen and oxygen atoms in total. The fraction of sp³-hybridized carbons (Fsp3) is 0.500. The van der Waals surface area contributed by atoms with Gasteiger partial charge in [-0.1, -0.05) is 24.4 Å². The molecule has 6 heteroatoms. The fourth-order valence-electron chi connectivity index (χ4n) is 2.44. The maximum absolute atomic E-state index is 11.9. The first-order valence-electron chi connectivity index (χ1n) is 6.54. The van der Waals surface area contributed by atoms with Crippen LogP contribution in [0.25, 0.3) is 0 Å². The van der Waals surface area contributed by atoms with Gasteiger partial charge in [0.25, 0.3) is 5.91 Å². The van der Waals surface area contributed by atoms with Gasteiger partial charge in [-0.15, -0.1) is 0 Å². The molecule has 2 N–H and O–H groups in total. The van der Waals surface area contributed by atoms with Crippen LogP contribution in [0.5, 0.6) is 5.75 Å². The van der Waals surface area contributed by atoms with Crippen LogP contribution in [0.2, 0.25) is 5.02 Å². The monoisotopic (exact) mass is 361 g/mol. The van der Waals surface area contributed by atoms with Crippen LogP contribution in [0.1, 0.15) is 25.7 Å². The van der Waals surface area contributed by atoms with E-state index in [1.165, 1.54) is 0 Å². The van der Waals surface area contributed by atoms with Crippen LogP contribution in [0.3, 0.4) is 0 Å². The number of carbonyl (C=O) groups excluding carboxylic acids is 1. The Morgan fingerprint density at radius 1 is 1.45 bits per heavy atom. The summed E-state index contributed by atoms with van der Waals surface area (Å²) in [5.41, 5.74) is -0.461. The summed E-state index contributed by atoms with van der Waals surface area (Å²) in [7, 11) is 0. The van der Waals surface area contributed by atoms with Gasteiger partial charge in [-0.25, -0.2) is 0 Å². The summed E-state index contributed by atoms with van der Waals surface area (Å²) in [6, 6.07) is 5.11. The zero-order valence-electron chi connectivity index (χ0n) is 11.0. The number of ether oxygens (including phenoxy) is 1. The van der Waals surface area contributed by atoms with Crippen LogP contribution in [0, 0.1) is 0 Å². The predicted molar refractivity (Wildman–Crippen MR) is 81.1 cm³/mol. The van der Waals surface area contributed by atoms with Gasteiger partial charge in [0.1, 0.15) is 5.75 Å². The van der Waals surface area contributed by atoms with Crippen molar-refractivity contribution in [1.82, 2.24) is 5.32 Å². The highest BCUT2D eigenvalue weighted by molar-refractivity contribution is 9.10. The second-order valence-electron chi connectivity index (χ2n) is 5.06. The summed E-state index contributed by atoms with van der Waals surface area (Å²) in [4.78, 5) is 11.9. The van der Waals surface area contributed by atoms with E-state index in [4.69, 9.17) is 16.3 Å². The van der Waals surface area contributed by atoms with Gasteiger partial charge >= 0.3 is 0 Å². The van der Waals surface area contributed by atoms with Crippen molar-refractivity contribution in [2.24, 2.45) is 0 Å². The summed E-state index contributed by atoms with van der Waals surface area (Å²) < 4.78 is 6.16. The summed E-state index contributed by atoms with van der Waals surface area (Å²) in [6.45, 7) is -0.106. The number of hydrogen-bond acceptors (Lipinski definition) is 3. The van der Waals surface area contributed by atoms with E-state index in [-0.39, 0.29) is 19.1 Å². The summed E-state index contributed by atoms with van der Waals surface area (Å²) in [5.74, 6) is 0.344. The smallest absolute Gasteiger partial charge is 0.258 e. The van der Waals surface area contributed by atoms with Gasteiger partial charge in [0, 0.05) is 5.02 Å². The Balaban J connectivity index is 1.89. The normalized spacial score (nSPS) is 16.9. The lowest BCUT2D eigenvalue weighted by atomic mass is 9.99. The molecular weight excluding hydrogens is 346 g/mol. The Hall–Kier alpha value is -0.780. The van der Waals surface area contributed by atoms with E-state index < -0.39 is 5.54 Å². The molecule has 1 amide bonds.